The minimum absolute atomic E-state index is 0. The fourth-order valence-electron chi connectivity index (χ4n) is 6.53. The molecule has 0 rings (SSSR count). The average Bonchev–Trinajstić information content (AvgIpc) is 3.28. The number of aliphatic hydroxyl groups excluding tert-OH is 2. The summed E-state index contributed by atoms with van der Waals surface area (Å²) in [4.78, 5) is -0.473. The number of aliphatic hydroxyl groups is 5. The van der Waals surface area contributed by atoms with Crippen molar-refractivity contribution in [2.24, 2.45) is 0 Å². The fraction of sp³-hybridized carbons (Fsp3) is 0.714. The van der Waals surface area contributed by atoms with Gasteiger partial charge in [0.15, 0.2) is 0 Å². The molecule has 2 atom stereocenters. The average molecular weight is 1670 g/mol. The zero-order valence-corrected chi connectivity index (χ0v) is 69.4. The standard InChI is InChI=1S/3C10H18Cl2.2C10H20O2.C10H18O.C10H16.Pa.Ta/c2*1-9(6-8-11)5-4-7-10(2,3)12;1-5-10(4,12)8-6-7-9(2,3)11;1-9(6-8-11)5-4-7-10(2,3)12;1-5-10(4,12)8-6-7-9(2,3)11;1-9(2)5-4-6-10(3)7-8-11;1-5-10(4)8-6-7-9(2)3;;/h2*6H,4-5,7-8H2,1-3H3;5H,1,6-8H2,2-4H3;6,11-12H,4-5,7-8H2,1-3H3;5,11-12H,1,6-8H2,2-4H3;5,7,11H,4,6,8H2,1-3H3;5,7H,1,4,6,8H2,2-3H3;;. The maximum Gasteiger partial charge on any atom is 0.0797 e. The van der Waals surface area contributed by atoms with Gasteiger partial charge in [-0.1, -0.05) is 107 Å². The van der Waals surface area contributed by atoms with Crippen LogP contribution in [-0.4, -0.2) is 86.8 Å². The molecule has 2 radical (unpaired) electrons. The van der Waals surface area contributed by atoms with Crippen molar-refractivity contribution in [1.82, 2.24) is 0 Å². The Kier molecular flexibility index (Phi) is 74.6. The van der Waals surface area contributed by atoms with E-state index in [2.05, 4.69) is 127 Å². The molecule has 5 nitrogen and oxygen atoms in total. The Labute approximate surface area is 585 Å². The Bertz CT molecular complexity index is 1630. The van der Waals surface area contributed by atoms with Crippen LogP contribution in [0.25, 0.3) is 0 Å². The predicted molar refractivity (Wildman–Crippen MR) is 374 cm³/mol. The number of halogens is 6. The molecule has 2 unspecified atom stereocenters. The molecule has 0 bridgehead atoms. The zero-order valence-electron chi connectivity index (χ0n) is 56.8. The van der Waals surface area contributed by atoms with Crippen molar-refractivity contribution < 1.29 is 80.2 Å². The van der Waals surface area contributed by atoms with Gasteiger partial charge in [0.1, 0.15) is 0 Å². The van der Waals surface area contributed by atoms with Crippen molar-refractivity contribution in [3.8, 4) is 0 Å². The van der Waals surface area contributed by atoms with Crippen LogP contribution in [0.15, 0.2) is 120 Å². The summed E-state index contributed by atoms with van der Waals surface area (Å²) in [6, 6.07) is 0. The number of hydrogen-bond donors (Lipinski definition) is 5. The number of alkyl halides is 6. The molecule has 0 aromatic heterocycles. The second kappa shape index (κ2) is 60.3. The van der Waals surface area contributed by atoms with Gasteiger partial charge in [-0.25, -0.2) is 0 Å². The topological polar surface area (TPSA) is 101 Å². The summed E-state index contributed by atoms with van der Waals surface area (Å²) in [6.07, 6.45) is 36.2. The van der Waals surface area contributed by atoms with Crippen molar-refractivity contribution >= 4 is 69.6 Å². The van der Waals surface area contributed by atoms with E-state index < -0.39 is 16.8 Å². The van der Waals surface area contributed by atoms with Gasteiger partial charge in [0, 0.05) is 81.1 Å². The molecule has 0 aromatic carbocycles. The Balaban J connectivity index is -0.000000110. The van der Waals surface area contributed by atoms with Gasteiger partial charge in [-0.05, 0) is 260 Å². The van der Waals surface area contributed by atoms with Crippen LogP contribution in [0.5, 0.6) is 0 Å². The molecule has 13 heteroatoms. The number of rotatable bonds is 33. The summed E-state index contributed by atoms with van der Waals surface area (Å²) in [5.41, 5.74) is 7.09. The molecular weight excluding hydrogens is 1550 g/mol. The van der Waals surface area contributed by atoms with Crippen LogP contribution in [0.1, 0.15) is 260 Å². The van der Waals surface area contributed by atoms with Gasteiger partial charge >= 0.3 is 0 Å². The van der Waals surface area contributed by atoms with Crippen molar-refractivity contribution in [1.29, 1.82) is 0 Å². The smallest absolute Gasteiger partial charge is 0.0797 e. The molecule has 0 fully saturated rings. The van der Waals surface area contributed by atoms with E-state index in [9.17, 15) is 15.3 Å². The third-order valence-corrected chi connectivity index (χ3v) is 13.2. The molecular formula is C70H128Cl6O5PaTa. The molecule has 0 amide bonds. The molecule has 0 saturated heterocycles. The number of allylic oxidation sites excluding steroid dienone is 13. The fourth-order valence-corrected chi connectivity index (χ4v) is 7.59. The minimum atomic E-state index is -0.786. The van der Waals surface area contributed by atoms with E-state index in [1.165, 1.54) is 39.5 Å². The molecule has 0 aliphatic carbocycles. The van der Waals surface area contributed by atoms with E-state index in [0.717, 1.165) is 115 Å². The monoisotopic (exact) mass is 1670 g/mol. The maximum absolute atomic E-state index is 9.52. The molecule has 488 valence electrons. The van der Waals surface area contributed by atoms with Gasteiger partial charge in [-0.3, -0.25) is 0 Å². The van der Waals surface area contributed by atoms with Crippen LogP contribution in [-0.2, 0) is 22.4 Å². The second-order valence-corrected chi connectivity index (χ2v) is 30.0. The third kappa shape index (κ3) is 111. The van der Waals surface area contributed by atoms with Gasteiger partial charge in [0.05, 0.1) is 34.9 Å². The molecule has 0 heterocycles. The summed E-state index contributed by atoms with van der Waals surface area (Å²) >= 11 is 35.3. The van der Waals surface area contributed by atoms with Crippen LogP contribution in [0.2, 0.25) is 0 Å². The van der Waals surface area contributed by atoms with Crippen LogP contribution in [0, 0.1) is 32.3 Å². The van der Waals surface area contributed by atoms with Crippen LogP contribution in [0.3, 0.4) is 0 Å². The summed E-state index contributed by atoms with van der Waals surface area (Å²) in [6.45, 7) is 54.8. The molecule has 0 aromatic rings. The number of hydrogen-bond acceptors (Lipinski definition) is 5. The third-order valence-electron chi connectivity index (χ3n) is 11.9. The Morgan fingerprint density at radius 1 is 0.410 bits per heavy atom. The van der Waals surface area contributed by atoms with Crippen LogP contribution in [0.4, 0.5) is 0 Å². The van der Waals surface area contributed by atoms with Crippen LogP contribution < -0.4 is 0 Å². The predicted octanol–water partition coefficient (Wildman–Crippen LogP) is 23.0. The largest absolute Gasteiger partial charge is 0.392 e. The van der Waals surface area contributed by atoms with E-state index >= 15 is 0 Å². The first kappa shape index (κ1) is 103. The summed E-state index contributed by atoms with van der Waals surface area (Å²) in [5.74, 6) is 1.24. The molecule has 0 aliphatic heterocycles. The maximum atomic E-state index is 9.52. The molecule has 0 spiro atoms. The van der Waals surface area contributed by atoms with Gasteiger partial charge in [0.25, 0.3) is 0 Å². The first-order chi connectivity index (χ1) is 36.7. The molecule has 5 N–H and O–H groups in total. The van der Waals surface area contributed by atoms with Crippen molar-refractivity contribution in [3.63, 3.8) is 0 Å². The van der Waals surface area contributed by atoms with Gasteiger partial charge in [-0.15, -0.1) is 82.8 Å². The summed E-state index contributed by atoms with van der Waals surface area (Å²) in [7, 11) is 0. The van der Waals surface area contributed by atoms with Gasteiger partial charge < -0.3 is 25.5 Å². The Hall–Kier alpha value is 0.771. The quantitative estimate of drug-likeness (QED) is 0.0256. The van der Waals surface area contributed by atoms with E-state index in [1.54, 1.807) is 26.8 Å². The summed E-state index contributed by atoms with van der Waals surface area (Å²) < 4.78 is 0. The first-order valence-electron chi connectivity index (χ1n) is 29.5. The summed E-state index contributed by atoms with van der Waals surface area (Å²) in [5, 5.41) is 45.4. The molecule has 0 aliphatic rings. The van der Waals surface area contributed by atoms with E-state index in [4.69, 9.17) is 79.8 Å². The van der Waals surface area contributed by atoms with E-state index in [0.29, 0.717) is 24.6 Å². The normalized spacial score (nSPS) is 13.4. The van der Waals surface area contributed by atoms with Gasteiger partial charge in [-0.2, -0.15) is 0 Å². The van der Waals surface area contributed by atoms with Gasteiger partial charge in [0.2, 0.25) is 0 Å². The second-order valence-electron chi connectivity index (χ2n) is 25.5. The SMILES string of the molecule is C=CC(=C)CCC=C(C)C.C=CC(C)(Cl)CCCC(C)(C)Cl.C=CC(C)(O)CCCC(C)(C)O.CC(=CCCl)CCCC(C)(C)Cl.CC(=CCCl)CCCC(C)(C)Cl.CC(=CCO)CCCC(C)(C)O.CC(C)=CCCC(C)=CCO.[Pa].[Ta]. The van der Waals surface area contributed by atoms with Crippen molar-refractivity contribution in [2.75, 3.05) is 25.0 Å². The zero-order chi connectivity index (χ0) is 65.2. The van der Waals surface area contributed by atoms with Crippen LogP contribution >= 0.6 is 69.6 Å². The molecule has 83 heavy (non-hydrogen) atoms. The minimum Gasteiger partial charge on any atom is -0.392 e. The molecule has 0 saturated carbocycles. The Morgan fingerprint density at radius 2 is 0.711 bits per heavy atom. The van der Waals surface area contributed by atoms with Crippen molar-refractivity contribution in [2.45, 2.75) is 297 Å². The Morgan fingerprint density at radius 3 is 1.00 bits per heavy atom. The van der Waals surface area contributed by atoms with Crippen molar-refractivity contribution in [3.05, 3.63) is 120 Å². The van der Waals surface area contributed by atoms with E-state index in [1.807, 2.05) is 59.8 Å². The first-order valence-corrected chi connectivity index (χ1v) is 32.0. The van der Waals surface area contributed by atoms with E-state index in [-0.39, 0.29) is 87.4 Å².